The first-order valence-corrected chi connectivity index (χ1v) is 4.53. The molecule has 0 spiro atoms. The van der Waals surface area contributed by atoms with Gasteiger partial charge in [0.05, 0.1) is 18.2 Å². The van der Waals surface area contributed by atoms with E-state index in [1.165, 1.54) is 13.2 Å². The van der Waals surface area contributed by atoms with E-state index in [4.69, 9.17) is 9.84 Å². The van der Waals surface area contributed by atoms with Crippen LogP contribution in [0.2, 0.25) is 0 Å². The van der Waals surface area contributed by atoms with Crippen molar-refractivity contribution in [3.63, 3.8) is 0 Å². The minimum absolute atomic E-state index is 0.231. The molecule has 1 aromatic rings. The van der Waals surface area contributed by atoms with Crippen molar-refractivity contribution in [3.8, 4) is 5.75 Å². The van der Waals surface area contributed by atoms with E-state index in [0.717, 1.165) is 0 Å². The van der Waals surface area contributed by atoms with Crippen molar-refractivity contribution in [2.75, 3.05) is 7.11 Å². The molecule has 0 saturated carbocycles. The summed E-state index contributed by atoms with van der Waals surface area (Å²) in [5.74, 6) is 0.137. The van der Waals surface area contributed by atoms with Crippen LogP contribution in [0.1, 0.15) is 11.1 Å². The molecular weight excluding hydrogens is 239 g/mol. The number of methoxy groups -OCH3 is 1. The van der Waals surface area contributed by atoms with E-state index in [0.29, 0.717) is 21.3 Å². The Bertz CT molecular complexity index is 326. The standard InChI is InChI=1S/C9H10BrFO2/c1-5-6(4-12)9(13-2)7(10)3-8(5)11/h3,12H,4H2,1-2H3. The fourth-order valence-electron chi connectivity index (χ4n) is 1.15. The Labute approximate surface area is 84.5 Å². The van der Waals surface area contributed by atoms with E-state index in [1.54, 1.807) is 6.92 Å². The highest BCUT2D eigenvalue weighted by molar-refractivity contribution is 9.10. The number of aliphatic hydroxyl groups excluding tert-OH is 1. The Kier molecular flexibility index (Phi) is 3.27. The van der Waals surface area contributed by atoms with Gasteiger partial charge in [-0.2, -0.15) is 0 Å². The van der Waals surface area contributed by atoms with E-state index in [2.05, 4.69) is 15.9 Å². The fraction of sp³-hybridized carbons (Fsp3) is 0.333. The number of aliphatic hydroxyl groups is 1. The highest BCUT2D eigenvalue weighted by atomic mass is 79.9. The molecule has 0 saturated heterocycles. The Balaban J connectivity index is 3.41. The molecule has 0 unspecified atom stereocenters. The Hall–Kier alpha value is -0.610. The molecule has 2 nitrogen and oxygen atoms in total. The summed E-state index contributed by atoms with van der Waals surface area (Å²) in [7, 11) is 1.48. The molecule has 0 atom stereocenters. The minimum Gasteiger partial charge on any atom is -0.495 e. The lowest BCUT2D eigenvalue weighted by Gasteiger charge is -2.11. The van der Waals surface area contributed by atoms with Crippen molar-refractivity contribution >= 4 is 15.9 Å². The van der Waals surface area contributed by atoms with Crippen molar-refractivity contribution < 1.29 is 14.2 Å². The van der Waals surface area contributed by atoms with Gasteiger partial charge in [0, 0.05) is 5.56 Å². The molecule has 4 heteroatoms. The molecule has 0 heterocycles. The molecule has 72 valence electrons. The van der Waals surface area contributed by atoms with Crippen LogP contribution >= 0.6 is 15.9 Å². The lowest BCUT2D eigenvalue weighted by Crippen LogP contribution is -1.99. The van der Waals surface area contributed by atoms with Gasteiger partial charge in [-0.05, 0) is 34.5 Å². The van der Waals surface area contributed by atoms with Gasteiger partial charge in [0.25, 0.3) is 0 Å². The van der Waals surface area contributed by atoms with Gasteiger partial charge in [-0.25, -0.2) is 4.39 Å². The first-order chi connectivity index (χ1) is 6.11. The summed E-state index contributed by atoms with van der Waals surface area (Å²) in [5.41, 5.74) is 0.900. The third-order valence-corrected chi connectivity index (χ3v) is 2.51. The van der Waals surface area contributed by atoms with Gasteiger partial charge in [-0.15, -0.1) is 0 Å². The second-order valence-corrected chi connectivity index (χ2v) is 3.49. The lowest BCUT2D eigenvalue weighted by molar-refractivity contribution is 0.271. The van der Waals surface area contributed by atoms with Crippen LogP contribution in [0.15, 0.2) is 10.5 Å². The largest absolute Gasteiger partial charge is 0.495 e. The van der Waals surface area contributed by atoms with Gasteiger partial charge >= 0.3 is 0 Å². The molecule has 0 aromatic heterocycles. The van der Waals surface area contributed by atoms with Crippen LogP contribution in [0.3, 0.4) is 0 Å². The molecular formula is C9H10BrFO2. The van der Waals surface area contributed by atoms with Crippen LogP contribution in [-0.2, 0) is 6.61 Å². The summed E-state index contributed by atoms with van der Waals surface area (Å²) in [4.78, 5) is 0. The average molecular weight is 249 g/mol. The number of rotatable bonds is 2. The maximum Gasteiger partial charge on any atom is 0.139 e. The van der Waals surface area contributed by atoms with Crippen LogP contribution < -0.4 is 4.74 Å². The van der Waals surface area contributed by atoms with Crippen molar-refractivity contribution in [1.82, 2.24) is 0 Å². The number of benzene rings is 1. The highest BCUT2D eigenvalue weighted by Crippen LogP contribution is 2.32. The van der Waals surface area contributed by atoms with Gasteiger partial charge in [-0.1, -0.05) is 0 Å². The zero-order chi connectivity index (χ0) is 10.0. The fourth-order valence-corrected chi connectivity index (χ4v) is 1.76. The zero-order valence-electron chi connectivity index (χ0n) is 7.40. The quantitative estimate of drug-likeness (QED) is 0.871. The van der Waals surface area contributed by atoms with Gasteiger partial charge in [0.2, 0.25) is 0 Å². The van der Waals surface area contributed by atoms with E-state index in [9.17, 15) is 4.39 Å². The van der Waals surface area contributed by atoms with Crippen LogP contribution in [-0.4, -0.2) is 12.2 Å². The zero-order valence-corrected chi connectivity index (χ0v) is 8.98. The monoisotopic (exact) mass is 248 g/mol. The summed E-state index contributed by atoms with van der Waals surface area (Å²) in [6.45, 7) is 1.38. The predicted octanol–water partition coefficient (Wildman–Crippen LogP) is 2.40. The number of hydrogen-bond donors (Lipinski definition) is 1. The first kappa shape index (κ1) is 10.5. The van der Waals surface area contributed by atoms with Crippen molar-refractivity contribution in [3.05, 3.63) is 27.5 Å². The number of hydrogen-bond acceptors (Lipinski definition) is 2. The molecule has 0 aliphatic rings. The normalized spacial score (nSPS) is 10.2. The predicted molar refractivity (Wildman–Crippen MR) is 51.3 cm³/mol. The van der Waals surface area contributed by atoms with Crippen LogP contribution in [0.25, 0.3) is 0 Å². The molecule has 0 radical (unpaired) electrons. The van der Waals surface area contributed by atoms with Gasteiger partial charge in [0.1, 0.15) is 11.6 Å². The summed E-state index contributed by atoms with van der Waals surface area (Å²) in [6.07, 6.45) is 0. The maximum absolute atomic E-state index is 13.1. The average Bonchev–Trinajstić information content (AvgIpc) is 2.10. The second kappa shape index (κ2) is 4.07. The molecule has 13 heavy (non-hydrogen) atoms. The molecule has 1 rings (SSSR count). The van der Waals surface area contributed by atoms with Crippen molar-refractivity contribution in [1.29, 1.82) is 0 Å². The van der Waals surface area contributed by atoms with Gasteiger partial charge in [0.15, 0.2) is 0 Å². The third kappa shape index (κ3) is 1.84. The Morgan fingerprint density at radius 2 is 2.23 bits per heavy atom. The van der Waals surface area contributed by atoms with Crippen LogP contribution in [0, 0.1) is 12.7 Å². The van der Waals surface area contributed by atoms with Crippen LogP contribution in [0.5, 0.6) is 5.75 Å². The maximum atomic E-state index is 13.1. The lowest BCUT2D eigenvalue weighted by atomic mass is 10.1. The van der Waals surface area contributed by atoms with Crippen LogP contribution in [0.4, 0.5) is 4.39 Å². The molecule has 1 aromatic carbocycles. The second-order valence-electron chi connectivity index (χ2n) is 2.64. The van der Waals surface area contributed by atoms with Gasteiger partial charge < -0.3 is 9.84 Å². The molecule has 0 amide bonds. The topological polar surface area (TPSA) is 29.5 Å². The van der Waals surface area contributed by atoms with E-state index in [-0.39, 0.29) is 12.4 Å². The molecule has 1 N–H and O–H groups in total. The summed E-state index contributed by atoms with van der Waals surface area (Å²) in [5, 5.41) is 9.01. The smallest absolute Gasteiger partial charge is 0.139 e. The summed E-state index contributed by atoms with van der Waals surface area (Å²) >= 11 is 3.16. The molecule has 0 bridgehead atoms. The summed E-state index contributed by atoms with van der Waals surface area (Å²) in [6, 6.07) is 1.33. The molecule has 0 aliphatic heterocycles. The Morgan fingerprint density at radius 1 is 1.62 bits per heavy atom. The Morgan fingerprint density at radius 3 is 2.69 bits per heavy atom. The van der Waals surface area contributed by atoms with Crippen molar-refractivity contribution in [2.24, 2.45) is 0 Å². The van der Waals surface area contributed by atoms with Crippen molar-refractivity contribution in [2.45, 2.75) is 13.5 Å². The SMILES string of the molecule is COc1c(Br)cc(F)c(C)c1CO. The first-order valence-electron chi connectivity index (χ1n) is 3.74. The van der Waals surface area contributed by atoms with Gasteiger partial charge in [-0.3, -0.25) is 0 Å². The summed E-state index contributed by atoms with van der Waals surface area (Å²) < 4.78 is 18.7. The highest BCUT2D eigenvalue weighted by Gasteiger charge is 2.13. The number of halogens is 2. The molecule has 0 fully saturated rings. The third-order valence-electron chi connectivity index (χ3n) is 1.92. The minimum atomic E-state index is -0.350. The van der Waals surface area contributed by atoms with E-state index < -0.39 is 0 Å². The van der Waals surface area contributed by atoms with E-state index >= 15 is 0 Å². The van der Waals surface area contributed by atoms with E-state index in [1.807, 2.05) is 0 Å². The molecule has 0 aliphatic carbocycles. The number of ether oxygens (including phenoxy) is 1.